The van der Waals surface area contributed by atoms with Gasteiger partial charge >= 0.3 is 0 Å². The van der Waals surface area contributed by atoms with Gasteiger partial charge in [0.05, 0.1) is 18.3 Å². The molecule has 0 aliphatic heterocycles. The van der Waals surface area contributed by atoms with Gasteiger partial charge in [0.15, 0.2) is 0 Å². The van der Waals surface area contributed by atoms with Gasteiger partial charge in [-0.05, 0) is 55.0 Å². The number of carbonyl (C=O) groups excluding carboxylic acids is 1. The van der Waals surface area contributed by atoms with Crippen LogP contribution in [0.25, 0.3) is 22.2 Å². The van der Waals surface area contributed by atoms with Gasteiger partial charge in [0.1, 0.15) is 16.3 Å². The van der Waals surface area contributed by atoms with E-state index < -0.39 is 15.9 Å². The highest BCUT2D eigenvalue weighted by Gasteiger charge is 2.24. The fraction of sp³-hybridized carbons (Fsp3) is 0.0870. The molecule has 1 N–H and O–H groups in total. The molecule has 0 spiro atoms. The molecule has 32 heavy (non-hydrogen) atoms. The van der Waals surface area contributed by atoms with Gasteiger partial charge in [-0.3, -0.25) is 4.79 Å². The van der Waals surface area contributed by atoms with Gasteiger partial charge in [0, 0.05) is 17.8 Å². The van der Waals surface area contributed by atoms with E-state index >= 15 is 0 Å². The molecule has 0 radical (unpaired) electrons. The third-order valence-corrected chi connectivity index (χ3v) is 6.22. The molecule has 4 rings (SSSR count). The van der Waals surface area contributed by atoms with Crippen molar-refractivity contribution in [1.29, 1.82) is 0 Å². The maximum Gasteiger partial charge on any atom is 0.283 e. The second-order valence-electron chi connectivity index (χ2n) is 7.07. The molecule has 2 heterocycles. The molecular weight excluding hydrogens is 428 g/mol. The number of hydrogen-bond acceptors (Lipinski definition) is 6. The number of nitrogens with one attached hydrogen (secondary N) is 1. The first-order chi connectivity index (χ1) is 15.3. The molecule has 0 unspecified atom stereocenters. The highest BCUT2D eigenvalue weighted by atomic mass is 32.2. The number of aromatic nitrogens is 3. The number of pyridine rings is 1. The Kier molecular flexibility index (Phi) is 5.50. The third kappa shape index (κ3) is 3.97. The Morgan fingerprint density at radius 3 is 2.62 bits per heavy atom. The summed E-state index contributed by atoms with van der Waals surface area (Å²) in [4.78, 5) is 17.0. The summed E-state index contributed by atoms with van der Waals surface area (Å²) < 4.78 is 34.9. The van der Waals surface area contributed by atoms with E-state index in [4.69, 9.17) is 4.74 Å². The number of carbonyl (C=O) groups is 1. The van der Waals surface area contributed by atoms with Gasteiger partial charge in [-0.25, -0.2) is 22.8 Å². The Bertz CT molecular complexity index is 1440. The second kappa shape index (κ2) is 8.27. The molecule has 0 saturated heterocycles. The van der Waals surface area contributed by atoms with Crippen LogP contribution < -0.4 is 9.46 Å². The normalized spacial score (nSPS) is 11.3. The number of allylic oxidation sites excluding steroid dienone is 1. The highest BCUT2D eigenvalue weighted by molar-refractivity contribution is 7.90. The first-order valence-corrected chi connectivity index (χ1v) is 11.1. The lowest BCUT2D eigenvalue weighted by atomic mass is 10.1. The first kappa shape index (κ1) is 21.3. The summed E-state index contributed by atoms with van der Waals surface area (Å²) in [6.45, 7) is 5.59. The van der Waals surface area contributed by atoms with E-state index in [9.17, 15) is 13.2 Å². The lowest BCUT2D eigenvalue weighted by Crippen LogP contribution is -2.31. The molecule has 0 bridgehead atoms. The number of rotatable bonds is 6. The molecule has 0 atom stereocenters. The number of fused-ring (bicyclic) bond motifs is 1. The van der Waals surface area contributed by atoms with E-state index in [1.165, 1.54) is 25.3 Å². The minimum Gasteiger partial charge on any atom is -0.495 e. The van der Waals surface area contributed by atoms with Crippen molar-refractivity contribution in [3.05, 3.63) is 84.8 Å². The summed E-state index contributed by atoms with van der Waals surface area (Å²) in [5.41, 5.74) is 2.59. The van der Waals surface area contributed by atoms with Gasteiger partial charge in [0.25, 0.3) is 15.9 Å². The zero-order valence-electron chi connectivity index (χ0n) is 17.4. The fourth-order valence-electron chi connectivity index (χ4n) is 3.26. The van der Waals surface area contributed by atoms with Crippen molar-refractivity contribution in [2.24, 2.45) is 0 Å². The van der Waals surface area contributed by atoms with Gasteiger partial charge in [-0.2, -0.15) is 5.10 Å². The zero-order valence-corrected chi connectivity index (χ0v) is 18.3. The lowest BCUT2D eigenvalue weighted by Gasteiger charge is -2.13. The Morgan fingerprint density at radius 2 is 1.94 bits per heavy atom. The lowest BCUT2D eigenvalue weighted by molar-refractivity contribution is 0.0977. The van der Waals surface area contributed by atoms with Crippen molar-refractivity contribution in [3.63, 3.8) is 0 Å². The van der Waals surface area contributed by atoms with Crippen LogP contribution in [0.1, 0.15) is 23.0 Å². The average Bonchev–Trinajstić information content (AvgIpc) is 3.32. The van der Waals surface area contributed by atoms with Crippen LogP contribution in [0.4, 0.5) is 0 Å². The molecule has 2 aromatic carbocycles. The number of sulfonamides is 1. The van der Waals surface area contributed by atoms with Crippen LogP contribution in [0.15, 0.2) is 78.5 Å². The van der Waals surface area contributed by atoms with Gasteiger partial charge in [-0.15, -0.1) is 0 Å². The summed E-state index contributed by atoms with van der Waals surface area (Å²) in [5, 5.41) is 4.99. The molecule has 0 fully saturated rings. The van der Waals surface area contributed by atoms with Crippen LogP contribution >= 0.6 is 0 Å². The summed E-state index contributed by atoms with van der Waals surface area (Å²) >= 11 is 0. The topological polar surface area (TPSA) is 103 Å². The number of methoxy groups -OCH3 is 1. The van der Waals surface area contributed by atoms with Crippen LogP contribution in [-0.2, 0) is 10.0 Å². The predicted octanol–water partition coefficient (Wildman–Crippen LogP) is 3.58. The van der Waals surface area contributed by atoms with Crippen LogP contribution in [0.2, 0.25) is 0 Å². The van der Waals surface area contributed by atoms with E-state index in [1.807, 2.05) is 6.07 Å². The van der Waals surface area contributed by atoms with Crippen molar-refractivity contribution in [2.75, 3.05) is 7.11 Å². The van der Waals surface area contributed by atoms with Crippen LogP contribution in [0, 0.1) is 0 Å². The minimum atomic E-state index is -4.22. The molecule has 0 aliphatic carbocycles. The molecule has 9 heteroatoms. The Balaban J connectivity index is 1.68. The van der Waals surface area contributed by atoms with Crippen molar-refractivity contribution in [3.8, 4) is 11.4 Å². The zero-order chi connectivity index (χ0) is 22.9. The van der Waals surface area contributed by atoms with Gasteiger partial charge in [0.2, 0.25) is 0 Å². The molecule has 4 aromatic rings. The Labute approximate surface area is 185 Å². The second-order valence-corrected chi connectivity index (χ2v) is 8.72. The summed E-state index contributed by atoms with van der Waals surface area (Å²) in [6, 6.07) is 15.0. The average molecular weight is 449 g/mol. The molecular formula is C23H20N4O4S. The SMILES string of the molecule is C=C(C)c1ccc(OC)c(S(=O)(=O)NC(=O)c2ccc3c(-n4cccn4)cccc3n2)c1. The van der Waals surface area contributed by atoms with E-state index in [2.05, 4.69) is 21.4 Å². The highest BCUT2D eigenvalue weighted by Crippen LogP contribution is 2.27. The number of ether oxygens (including phenoxy) is 1. The number of nitrogens with zero attached hydrogens (tertiary/aromatic N) is 3. The van der Waals surface area contributed by atoms with Crippen molar-refractivity contribution in [1.82, 2.24) is 19.5 Å². The molecule has 0 aliphatic rings. The molecule has 0 saturated carbocycles. The van der Waals surface area contributed by atoms with Crippen molar-refractivity contribution < 1.29 is 17.9 Å². The molecule has 162 valence electrons. The van der Waals surface area contributed by atoms with Crippen molar-refractivity contribution >= 4 is 32.4 Å². The number of hydrogen-bond donors (Lipinski definition) is 1. The largest absolute Gasteiger partial charge is 0.495 e. The summed E-state index contributed by atoms with van der Waals surface area (Å²) in [5.74, 6) is -0.732. The van der Waals surface area contributed by atoms with Crippen LogP contribution in [-0.4, -0.2) is 36.2 Å². The molecule has 1 amide bonds. The smallest absolute Gasteiger partial charge is 0.283 e. The summed E-state index contributed by atoms with van der Waals surface area (Å²) in [6.07, 6.45) is 3.46. The fourth-order valence-corrected chi connectivity index (χ4v) is 4.41. The summed E-state index contributed by atoms with van der Waals surface area (Å²) in [7, 11) is -2.86. The maximum absolute atomic E-state index is 13.0. The first-order valence-electron chi connectivity index (χ1n) is 9.61. The third-order valence-electron chi connectivity index (χ3n) is 4.87. The minimum absolute atomic E-state index is 0.0336. The molecule has 2 aromatic heterocycles. The van der Waals surface area contributed by atoms with E-state index in [0.29, 0.717) is 16.7 Å². The van der Waals surface area contributed by atoms with Crippen molar-refractivity contribution in [2.45, 2.75) is 11.8 Å². The van der Waals surface area contributed by atoms with Gasteiger partial charge < -0.3 is 4.74 Å². The number of benzene rings is 2. The van der Waals surface area contributed by atoms with Crippen LogP contribution in [0.3, 0.4) is 0 Å². The number of amides is 1. The predicted molar refractivity (Wildman–Crippen MR) is 121 cm³/mol. The standard InChI is InChI=1S/C23H20N4O4S/c1-15(2)16-8-11-21(31-3)22(14-16)32(29,30)26-23(28)19-10-9-17-18(25-19)6-4-7-20(17)27-13-5-12-24-27/h4-14H,1H2,2-3H3,(H,26,28). The van der Waals surface area contributed by atoms with Gasteiger partial charge in [-0.1, -0.05) is 24.3 Å². The Hall–Kier alpha value is -3.98. The maximum atomic E-state index is 13.0. The van der Waals surface area contributed by atoms with E-state index in [1.54, 1.807) is 54.3 Å². The molecule has 8 nitrogen and oxygen atoms in total. The monoisotopic (exact) mass is 448 g/mol. The van der Waals surface area contributed by atoms with E-state index in [-0.39, 0.29) is 16.3 Å². The quantitative estimate of drug-likeness (QED) is 0.484. The van der Waals surface area contributed by atoms with E-state index in [0.717, 1.165) is 11.1 Å². The van der Waals surface area contributed by atoms with Crippen LogP contribution in [0.5, 0.6) is 5.75 Å². The Morgan fingerprint density at radius 1 is 1.12 bits per heavy atom.